The van der Waals surface area contributed by atoms with Gasteiger partial charge in [-0.2, -0.15) is 0 Å². The molecule has 0 aromatic heterocycles. The number of piperidine rings is 1. The van der Waals surface area contributed by atoms with Crippen molar-refractivity contribution in [2.75, 3.05) is 32.1 Å². The highest BCUT2D eigenvalue weighted by Gasteiger charge is 2.25. The monoisotopic (exact) mass is 265 g/mol. The lowest BCUT2D eigenvalue weighted by molar-refractivity contribution is 0.257. The number of nitrogens with two attached hydrogens (primary N) is 1. The lowest BCUT2D eigenvalue weighted by Crippen LogP contribution is -2.45. The molecule has 1 aliphatic heterocycles. The first kappa shape index (κ1) is 14.3. The molecule has 1 aliphatic rings. The Morgan fingerprint density at radius 1 is 1.42 bits per heavy atom. The molecule has 2 N–H and O–H groups in total. The number of benzene rings is 1. The van der Waals surface area contributed by atoms with E-state index in [0.29, 0.717) is 11.7 Å². The number of rotatable bonds is 3. The van der Waals surface area contributed by atoms with Crippen LogP contribution < -0.4 is 10.6 Å². The second-order valence-electron chi connectivity index (χ2n) is 5.67. The molecule has 0 saturated carbocycles. The summed E-state index contributed by atoms with van der Waals surface area (Å²) in [5.41, 5.74) is 7.58. The average molecular weight is 265 g/mol. The molecule has 2 rings (SSSR count). The van der Waals surface area contributed by atoms with Gasteiger partial charge in [-0.3, -0.25) is 0 Å². The lowest BCUT2D eigenvalue weighted by Gasteiger charge is -2.38. The van der Waals surface area contributed by atoms with Gasteiger partial charge in [0.1, 0.15) is 5.82 Å². The molecule has 3 nitrogen and oxygen atoms in total. The molecule has 1 heterocycles. The van der Waals surface area contributed by atoms with Gasteiger partial charge < -0.3 is 15.5 Å². The quantitative estimate of drug-likeness (QED) is 0.910. The normalized spacial score (nSPS) is 21.8. The predicted molar refractivity (Wildman–Crippen MR) is 77.9 cm³/mol. The summed E-state index contributed by atoms with van der Waals surface area (Å²) in [5.74, 6) is -0.158. The Hall–Kier alpha value is -1.13. The van der Waals surface area contributed by atoms with Crippen LogP contribution in [0.25, 0.3) is 0 Å². The van der Waals surface area contributed by atoms with Crippen LogP contribution in [0.1, 0.15) is 31.4 Å². The molecule has 0 spiro atoms. The molecule has 1 aromatic rings. The Bertz CT molecular complexity index is 431. The van der Waals surface area contributed by atoms with Gasteiger partial charge in [0.15, 0.2) is 0 Å². The van der Waals surface area contributed by atoms with E-state index in [2.05, 4.69) is 23.9 Å². The fourth-order valence-electron chi connectivity index (χ4n) is 2.81. The van der Waals surface area contributed by atoms with Crippen molar-refractivity contribution in [1.29, 1.82) is 0 Å². The standard InChI is InChI=1S/C15H24FN3/c1-11(17)13-7-4-8-14(16)15(13)19-9-5-6-12(10-19)18(2)3/h4,7-8,11-12H,5-6,9-10,17H2,1-3H3/t11-,12?/m0/s1. The molecule has 0 amide bonds. The SMILES string of the molecule is C[C@H](N)c1cccc(F)c1N1CCCC(N(C)C)C1. The maximum Gasteiger partial charge on any atom is 0.146 e. The summed E-state index contributed by atoms with van der Waals surface area (Å²) in [4.78, 5) is 4.38. The molecule has 4 heteroatoms. The van der Waals surface area contributed by atoms with Crippen molar-refractivity contribution in [2.45, 2.75) is 31.8 Å². The third-order valence-electron chi connectivity index (χ3n) is 3.95. The molecular formula is C15H24FN3. The van der Waals surface area contributed by atoms with E-state index in [0.717, 1.165) is 25.1 Å². The van der Waals surface area contributed by atoms with Crippen LogP contribution >= 0.6 is 0 Å². The number of nitrogens with zero attached hydrogens (tertiary/aromatic N) is 2. The summed E-state index contributed by atoms with van der Waals surface area (Å²) in [6, 6.07) is 5.54. The van der Waals surface area contributed by atoms with E-state index in [1.165, 1.54) is 12.5 Å². The van der Waals surface area contributed by atoms with Crippen LogP contribution in [-0.2, 0) is 0 Å². The molecule has 1 saturated heterocycles. The molecule has 19 heavy (non-hydrogen) atoms. The molecule has 0 bridgehead atoms. The van der Waals surface area contributed by atoms with Crippen molar-refractivity contribution in [3.8, 4) is 0 Å². The number of halogens is 1. The van der Waals surface area contributed by atoms with E-state index in [-0.39, 0.29) is 11.9 Å². The minimum atomic E-state index is -0.158. The van der Waals surface area contributed by atoms with E-state index in [1.54, 1.807) is 6.07 Å². The van der Waals surface area contributed by atoms with E-state index in [4.69, 9.17) is 5.73 Å². The Labute approximate surface area is 115 Å². The van der Waals surface area contributed by atoms with Crippen LogP contribution in [0.4, 0.5) is 10.1 Å². The highest BCUT2D eigenvalue weighted by molar-refractivity contribution is 5.56. The van der Waals surface area contributed by atoms with Crippen molar-refractivity contribution in [3.05, 3.63) is 29.6 Å². The predicted octanol–water partition coefficient (Wildman–Crippen LogP) is 2.38. The van der Waals surface area contributed by atoms with Crippen molar-refractivity contribution < 1.29 is 4.39 Å². The molecule has 106 valence electrons. The van der Waals surface area contributed by atoms with Gasteiger partial charge in [0, 0.05) is 25.2 Å². The first-order valence-electron chi connectivity index (χ1n) is 6.96. The van der Waals surface area contributed by atoms with Crippen LogP contribution in [0, 0.1) is 5.82 Å². The molecule has 0 aliphatic carbocycles. The number of para-hydroxylation sites is 1. The zero-order valence-electron chi connectivity index (χ0n) is 12.1. The third-order valence-corrected chi connectivity index (χ3v) is 3.95. The first-order valence-corrected chi connectivity index (χ1v) is 6.96. The largest absolute Gasteiger partial charge is 0.367 e. The van der Waals surface area contributed by atoms with Crippen LogP contribution in [0.2, 0.25) is 0 Å². The number of anilines is 1. The summed E-state index contributed by atoms with van der Waals surface area (Å²) in [5, 5.41) is 0. The minimum absolute atomic E-state index is 0.148. The summed E-state index contributed by atoms with van der Waals surface area (Å²) in [7, 11) is 4.17. The van der Waals surface area contributed by atoms with Gasteiger partial charge in [-0.15, -0.1) is 0 Å². The van der Waals surface area contributed by atoms with Crippen LogP contribution in [0.3, 0.4) is 0 Å². The van der Waals surface area contributed by atoms with E-state index < -0.39 is 0 Å². The van der Waals surface area contributed by atoms with Gasteiger partial charge in [-0.05, 0) is 45.5 Å². The van der Waals surface area contributed by atoms with Crippen molar-refractivity contribution in [2.24, 2.45) is 5.73 Å². The second kappa shape index (κ2) is 5.88. The van der Waals surface area contributed by atoms with Crippen molar-refractivity contribution in [1.82, 2.24) is 4.90 Å². The van der Waals surface area contributed by atoms with Crippen molar-refractivity contribution in [3.63, 3.8) is 0 Å². The summed E-state index contributed by atoms with van der Waals surface area (Å²) >= 11 is 0. The van der Waals surface area contributed by atoms with E-state index in [9.17, 15) is 4.39 Å². The molecule has 0 radical (unpaired) electrons. The Morgan fingerprint density at radius 2 is 2.16 bits per heavy atom. The topological polar surface area (TPSA) is 32.5 Å². The summed E-state index contributed by atoms with van der Waals surface area (Å²) in [6.07, 6.45) is 2.26. The maximum absolute atomic E-state index is 14.2. The number of hydrogen-bond acceptors (Lipinski definition) is 3. The fraction of sp³-hybridized carbons (Fsp3) is 0.600. The highest BCUT2D eigenvalue weighted by Crippen LogP contribution is 2.31. The van der Waals surface area contributed by atoms with Gasteiger partial charge in [-0.25, -0.2) is 4.39 Å². The van der Waals surface area contributed by atoms with Gasteiger partial charge >= 0.3 is 0 Å². The Kier molecular flexibility index (Phi) is 4.42. The molecule has 2 atom stereocenters. The third kappa shape index (κ3) is 3.07. The summed E-state index contributed by atoms with van der Waals surface area (Å²) < 4.78 is 14.2. The van der Waals surface area contributed by atoms with Crippen molar-refractivity contribution >= 4 is 5.69 Å². The zero-order chi connectivity index (χ0) is 14.0. The molecule has 1 unspecified atom stereocenters. The number of likely N-dealkylation sites (N-methyl/N-ethyl adjacent to an activating group) is 1. The fourth-order valence-corrected chi connectivity index (χ4v) is 2.81. The lowest BCUT2D eigenvalue weighted by atomic mass is 10.00. The Morgan fingerprint density at radius 3 is 2.79 bits per heavy atom. The van der Waals surface area contributed by atoms with E-state index in [1.807, 2.05) is 13.0 Å². The van der Waals surface area contributed by atoms with E-state index >= 15 is 0 Å². The smallest absolute Gasteiger partial charge is 0.146 e. The Balaban J connectivity index is 2.30. The van der Waals surface area contributed by atoms with Gasteiger partial charge in [0.2, 0.25) is 0 Å². The van der Waals surface area contributed by atoms with Gasteiger partial charge in [0.05, 0.1) is 5.69 Å². The van der Waals surface area contributed by atoms with Gasteiger partial charge in [-0.1, -0.05) is 12.1 Å². The zero-order valence-corrected chi connectivity index (χ0v) is 12.1. The number of hydrogen-bond donors (Lipinski definition) is 1. The van der Waals surface area contributed by atoms with Crippen LogP contribution in [-0.4, -0.2) is 38.1 Å². The van der Waals surface area contributed by atoms with Gasteiger partial charge in [0.25, 0.3) is 0 Å². The van der Waals surface area contributed by atoms with Crippen LogP contribution in [0.15, 0.2) is 18.2 Å². The molecular weight excluding hydrogens is 241 g/mol. The average Bonchev–Trinajstić information content (AvgIpc) is 2.38. The maximum atomic E-state index is 14.2. The summed E-state index contributed by atoms with van der Waals surface area (Å²) in [6.45, 7) is 3.68. The molecule has 1 aromatic carbocycles. The first-order chi connectivity index (χ1) is 9.00. The highest BCUT2D eigenvalue weighted by atomic mass is 19.1. The second-order valence-corrected chi connectivity index (χ2v) is 5.67. The van der Waals surface area contributed by atoms with Crippen LogP contribution in [0.5, 0.6) is 0 Å². The molecule has 1 fully saturated rings. The minimum Gasteiger partial charge on any atom is -0.367 e.